The Morgan fingerprint density at radius 1 is 1.37 bits per heavy atom. The molecule has 0 radical (unpaired) electrons. The van der Waals surface area contributed by atoms with Gasteiger partial charge in [-0.05, 0) is 36.2 Å². The van der Waals surface area contributed by atoms with Crippen molar-refractivity contribution >= 4 is 17.7 Å². The van der Waals surface area contributed by atoms with E-state index in [9.17, 15) is 9.18 Å². The third-order valence-electron chi connectivity index (χ3n) is 2.41. The number of halogens is 1. The lowest BCUT2D eigenvalue weighted by Crippen LogP contribution is -1.99. The number of carboxylic acid groups (broad SMARTS) is 1. The maximum absolute atomic E-state index is 13.6. The SMILES string of the molecule is Cc1cnc(SCc2cc(C(=O)O)ccc2F)nc1. The quantitative estimate of drug-likeness (QED) is 0.688. The molecule has 2 rings (SSSR count). The lowest BCUT2D eigenvalue weighted by Gasteiger charge is -2.04. The van der Waals surface area contributed by atoms with Crippen molar-refractivity contribution in [3.63, 3.8) is 0 Å². The van der Waals surface area contributed by atoms with Crippen molar-refractivity contribution in [1.82, 2.24) is 9.97 Å². The van der Waals surface area contributed by atoms with E-state index in [1.165, 1.54) is 23.9 Å². The molecule has 1 N–H and O–H groups in total. The van der Waals surface area contributed by atoms with Crippen LogP contribution in [0.15, 0.2) is 35.7 Å². The van der Waals surface area contributed by atoms with E-state index in [1.807, 2.05) is 6.92 Å². The second-order valence-electron chi connectivity index (χ2n) is 3.94. The number of hydrogen-bond donors (Lipinski definition) is 1. The Labute approximate surface area is 113 Å². The van der Waals surface area contributed by atoms with Crippen molar-refractivity contribution in [3.8, 4) is 0 Å². The van der Waals surface area contributed by atoms with Gasteiger partial charge in [0, 0.05) is 18.1 Å². The Morgan fingerprint density at radius 2 is 2.05 bits per heavy atom. The summed E-state index contributed by atoms with van der Waals surface area (Å²) in [4.78, 5) is 19.0. The zero-order chi connectivity index (χ0) is 13.8. The molecule has 0 aliphatic rings. The van der Waals surface area contributed by atoms with Crippen LogP contribution >= 0.6 is 11.8 Å². The molecule has 6 heteroatoms. The van der Waals surface area contributed by atoms with Crippen LogP contribution in [0.2, 0.25) is 0 Å². The number of aromatic nitrogens is 2. The van der Waals surface area contributed by atoms with Gasteiger partial charge in [0.1, 0.15) is 5.82 Å². The fraction of sp³-hybridized carbons (Fsp3) is 0.154. The summed E-state index contributed by atoms with van der Waals surface area (Å²) in [5.74, 6) is -1.21. The molecule has 0 saturated heterocycles. The molecule has 0 spiro atoms. The molecule has 0 unspecified atom stereocenters. The molecule has 0 bridgehead atoms. The van der Waals surface area contributed by atoms with Gasteiger partial charge in [0.25, 0.3) is 0 Å². The average Bonchev–Trinajstić information content (AvgIpc) is 2.39. The number of rotatable bonds is 4. The minimum Gasteiger partial charge on any atom is -0.478 e. The van der Waals surface area contributed by atoms with Gasteiger partial charge in [0.05, 0.1) is 5.56 Å². The highest BCUT2D eigenvalue weighted by Gasteiger charge is 2.09. The molecule has 98 valence electrons. The van der Waals surface area contributed by atoms with Gasteiger partial charge in [-0.1, -0.05) is 11.8 Å². The number of aryl methyl sites for hydroxylation is 1. The predicted molar refractivity (Wildman–Crippen MR) is 69.7 cm³/mol. The van der Waals surface area contributed by atoms with Crippen LogP contribution in [0.4, 0.5) is 4.39 Å². The van der Waals surface area contributed by atoms with Crippen molar-refractivity contribution in [3.05, 3.63) is 53.1 Å². The average molecular weight is 278 g/mol. The molecule has 1 aromatic heterocycles. The highest BCUT2D eigenvalue weighted by atomic mass is 32.2. The Balaban J connectivity index is 2.12. The standard InChI is InChI=1S/C13H11FN2O2S/c1-8-5-15-13(16-6-8)19-7-10-4-9(12(17)18)2-3-11(10)14/h2-6H,7H2,1H3,(H,17,18). The first kappa shape index (κ1) is 13.5. The van der Waals surface area contributed by atoms with Crippen molar-refractivity contribution in [2.75, 3.05) is 0 Å². The zero-order valence-corrected chi connectivity index (χ0v) is 10.9. The number of benzene rings is 1. The number of carbonyl (C=O) groups is 1. The van der Waals surface area contributed by atoms with Gasteiger partial charge in [0.15, 0.2) is 5.16 Å². The third-order valence-corrected chi connectivity index (χ3v) is 3.33. The molecular formula is C13H11FN2O2S. The van der Waals surface area contributed by atoms with Crippen molar-refractivity contribution in [2.45, 2.75) is 17.8 Å². The van der Waals surface area contributed by atoms with E-state index in [0.29, 0.717) is 10.7 Å². The van der Waals surface area contributed by atoms with Gasteiger partial charge in [-0.15, -0.1) is 0 Å². The van der Waals surface area contributed by atoms with Crippen molar-refractivity contribution < 1.29 is 14.3 Å². The smallest absolute Gasteiger partial charge is 0.335 e. The van der Waals surface area contributed by atoms with Crippen LogP contribution in [0, 0.1) is 12.7 Å². The highest BCUT2D eigenvalue weighted by Crippen LogP contribution is 2.21. The van der Waals surface area contributed by atoms with Crippen LogP contribution in [-0.4, -0.2) is 21.0 Å². The van der Waals surface area contributed by atoms with Gasteiger partial charge in [-0.3, -0.25) is 0 Å². The fourth-order valence-corrected chi connectivity index (χ4v) is 2.18. The van der Waals surface area contributed by atoms with Crippen LogP contribution < -0.4 is 0 Å². The second kappa shape index (κ2) is 5.79. The minimum atomic E-state index is -1.07. The highest BCUT2D eigenvalue weighted by molar-refractivity contribution is 7.98. The number of aromatic carboxylic acids is 1. The molecular weight excluding hydrogens is 267 g/mol. The number of carboxylic acids is 1. The lowest BCUT2D eigenvalue weighted by molar-refractivity contribution is 0.0696. The van der Waals surface area contributed by atoms with Gasteiger partial charge < -0.3 is 5.11 Å². The van der Waals surface area contributed by atoms with E-state index in [-0.39, 0.29) is 11.3 Å². The summed E-state index contributed by atoms with van der Waals surface area (Å²) in [7, 11) is 0. The zero-order valence-electron chi connectivity index (χ0n) is 10.1. The molecule has 0 aliphatic carbocycles. The Kier molecular flexibility index (Phi) is 4.11. The largest absolute Gasteiger partial charge is 0.478 e. The second-order valence-corrected chi connectivity index (χ2v) is 4.89. The minimum absolute atomic E-state index is 0.0711. The van der Waals surface area contributed by atoms with E-state index < -0.39 is 11.8 Å². The number of hydrogen-bond acceptors (Lipinski definition) is 4. The van der Waals surface area contributed by atoms with E-state index in [0.717, 1.165) is 11.6 Å². The first-order valence-electron chi connectivity index (χ1n) is 5.49. The lowest BCUT2D eigenvalue weighted by atomic mass is 10.1. The van der Waals surface area contributed by atoms with E-state index in [4.69, 9.17) is 5.11 Å². The first-order chi connectivity index (χ1) is 9.06. The molecule has 1 heterocycles. The molecule has 0 saturated carbocycles. The van der Waals surface area contributed by atoms with Gasteiger partial charge >= 0.3 is 5.97 Å². The molecule has 2 aromatic rings. The summed E-state index contributed by atoms with van der Waals surface area (Å²) in [5.41, 5.74) is 1.35. The summed E-state index contributed by atoms with van der Waals surface area (Å²) in [6.45, 7) is 1.88. The molecule has 0 atom stereocenters. The molecule has 1 aromatic carbocycles. The Bertz CT molecular complexity index is 602. The van der Waals surface area contributed by atoms with Gasteiger partial charge in [0.2, 0.25) is 0 Å². The summed E-state index contributed by atoms with van der Waals surface area (Å²) in [5, 5.41) is 9.40. The maximum atomic E-state index is 13.6. The summed E-state index contributed by atoms with van der Waals surface area (Å²) >= 11 is 1.26. The molecule has 19 heavy (non-hydrogen) atoms. The van der Waals surface area contributed by atoms with E-state index >= 15 is 0 Å². The summed E-state index contributed by atoms with van der Waals surface area (Å²) < 4.78 is 13.6. The molecule has 0 amide bonds. The molecule has 0 fully saturated rings. The topological polar surface area (TPSA) is 63.1 Å². The van der Waals surface area contributed by atoms with Crippen LogP contribution in [0.1, 0.15) is 21.5 Å². The molecule has 4 nitrogen and oxygen atoms in total. The maximum Gasteiger partial charge on any atom is 0.335 e. The van der Waals surface area contributed by atoms with Gasteiger partial charge in [-0.2, -0.15) is 0 Å². The first-order valence-corrected chi connectivity index (χ1v) is 6.48. The normalized spacial score (nSPS) is 10.4. The predicted octanol–water partition coefficient (Wildman–Crippen LogP) is 2.91. The van der Waals surface area contributed by atoms with Crippen LogP contribution in [0.25, 0.3) is 0 Å². The Hall–Kier alpha value is -1.95. The van der Waals surface area contributed by atoms with Crippen LogP contribution in [-0.2, 0) is 5.75 Å². The monoisotopic (exact) mass is 278 g/mol. The summed E-state index contributed by atoms with van der Waals surface area (Å²) in [6, 6.07) is 3.74. The molecule has 0 aliphatic heterocycles. The van der Waals surface area contributed by atoms with E-state index in [2.05, 4.69) is 9.97 Å². The third kappa shape index (κ3) is 3.51. The Morgan fingerprint density at radius 3 is 2.68 bits per heavy atom. The van der Waals surface area contributed by atoms with Crippen molar-refractivity contribution in [2.24, 2.45) is 0 Å². The number of thioether (sulfide) groups is 1. The number of nitrogens with zero attached hydrogens (tertiary/aromatic N) is 2. The van der Waals surface area contributed by atoms with Gasteiger partial charge in [-0.25, -0.2) is 19.2 Å². The van der Waals surface area contributed by atoms with E-state index in [1.54, 1.807) is 12.4 Å². The fourth-order valence-electron chi connectivity index (χ4n) is 1.42. The van der Waals surface area contributed by atoms with Crippen LogP contribution in [0.3, 0.4) is 0 Å². The van der Waals surface area contributed by atoms with Crippen molar-refractivity contribution in [1.29, 1.82) is 0 Å². The van der Waals surface area contributed by atoms with Crippen LogP contribution in [0.5, 0.6) is 0 Å². The summed E-state index contributed by atoms with van der Waals surface area (Å²) in [6.07, 6.45) is 3.36.